The van der Waals surface area contributed by atoms with Gasteiger partial charge in [0.25, 0.3) is 0 Å². The Morgan fingerprint density at radius 3 is 3.00 bits per heavy atom. The minimum atomic E-state index is 0.189. The van der Waals surface area contributed by atoms with E-state index in [4.69, 9.17) is 9.47 Å². The summed E-state index contributed by atoms with van der Waals surface area (Å²) in [6.45, 7) is 10.6. The van der Waals surface area contributed by atoms with Crippen molar-refractivity contribution in [1.29, 1.82) is 0 Å². The van der Waals surface area contributed by atoms with Crippen LogP contribution in [0.4, 0.5) is 0 Å². The van der Waals surface area contributed by atoms with Gasteiger partial charge in [0.15, 0.2) is 5.96 Å². The van der Waals surface area contributed by atoms with Gasteiger partial charge in [-0.05, 0) is 36.3 Å². The maximum Gasteiger partial charge on any atom is 0.213 e. The molecule has 0 bridgehead atoms. The molecule has 28 heavy (non-hydrogen) atoms. The van der Waals surface area contributed by atoms with E-state index in [0.717, 1.165) is 56.8 Å². The molecule has 0 spiro atoms. The third-order valence-corrected chi connectivity index (χ3v) is 4.99. The van der Waals surface area contributed by atoms with E-state index < -0.39 is 0 Å². The average molecular weight is 390 g/mol. The molecule has 2 aliphatic rings. The van der Waals surface area contributed by atoms with Crippen LogP contribution in [0.3, 0.4) is 0 Å². The van der Waals surface area contributed by atoms with Crippen molar-refractivity contribution in [2.24, 2.45) is 16.8 Å². The fourth-order valence-corrected chi connectivity index (χ4v) is 3.33. The number of hydrogen-bond donors (Lipinski definition) is 2. The summed E-state index contributed by atoms with van der Waals surface area (Å²) in [7, 11) is 1.79. The summed E-state index contributed by atoms with van der Waals surface area (Å²) < 4.78 is 11.7. The van der Waals surface area contributed by atoms with Crippen molar-refractivity contribution in [2.75, 3.05) is 46.4 Å². The van der Waals surface area contributed by atoms with Crippen molar-refractivity contribution in [3.05, 3.63) is 23.9 Å². The Bertz CT molecular complexity index is 633. The number of guanidine groups is 1. The first kappa shape index (κ1) is 20.9. The quantitative estimate of drug-likeness (QED) is 0.496. The van der Waals surface area contributed by atoms with Gasteiger partial charge in [0, 0.05) is 52.0 Å². The molecule has 1 aromatic heterocycles. The standard InChI is InChI=1S/C21H35N5O2/c1-16(2)13-26-8-9-27-19(14-26)12-25-21(22-3)24-11-18-6-7-23-20(10-18)28-15-17-4-5-17/h6-7,10,16-17,19H,4-5,8-9,11-15H2,1-3H3,(H2,22,24,25). The van der Waals surface area contributed by atoms with Gasteiger partial charge in [-0.15, -0.1) is 0 Å². The molecular weight excluding hydrogens is 354 g/mol. The second-order valence-electron chi connectivity index (χ2n) is 8.21. The van der Waals surface area contributed by atoms with E-state index in [1.807, 2.05) is 12.1 Å². The Balaban J connectivity index is 1.40. The molecule has 0 amide bonds. The first-order valence-electron chi connectivity index (χ1n) is 10.5. The van der Waals surface area contributed by atoms with Crippen LogP contribution in [0.25, 0.3) is 0 Å². The summed E-state index contributed by atoms with van der Waals surface area (Å²) in [4.78, 5) is 11.1. The van der Waals surface area contributed by atoms with Crippen LogP contribution in [0.15, 0.2) is 23.3 Å². The molecular formula is C21H35N5O2. The number of morpholine rings is 1. The van der Waals surface area contributed by atoms with Crippen molar-refractivity contribution in [1.82, 2.24) is 20.5 Å². The molecule has 1 aliphatic carbocycles. The predicted octanol–water partition coefficient (Wildman–Crippen LogP) is 1.89. The summed E-state index contributed by atoms with van der Waals surface area (Å²) in [5.41, 5.74) is 1.13. The van der Waals surface area contributed by atoms with E-state index in [9.17, 15) is 0 Å². The maximum atomic E-state index is 5.90. The molecule has 7 heteroatoms. The van der Waals surface area contributed by atoms with Gasteiger partial charge in [0.1, 0.15) is 0 Å². The predicted molar refractivity (Wildman–Crippen MR) is 112 cm³/mol. The monoisotopic (exact) mass is 389 g/mol. The molecule has 2 heterocycles. The van der Waals surface area contributed by atoms with Gasteiger partial charge in [-0.25, -0.2) is 4.98 Å². The van der Waals surface area contributed by atoms with Crippen LogP contribution in [0.1, 0.15) is 32.3 Å². The molecule has 1 aromatic rings. The highest BCUT2D eigenvalue weighted by molar-refractivity contribution is 5.79. The molecule has 3 rings (SSSR count). The number of ether oxygens (including phenoxy) is 2. The van der Waals surface area contributed by atoms with Crippen LogP contribution in [0.2, 0.25) is 0 Å². The van der Waals surface area contributed by atoms with Crippen LogP contribution < -0.4 is 15.4 Å². The number of aromatic nitrogens is 1. The van der Waals surface area contributed by atoms with Crippen LogP contribution in [-0.2, 0) is 11.3 Å². The summed E-state index contributed by atoms with van der Waals surface area (Å²) in [6, 6.07) is 4.00. The summed E-state index contributed by atoms with van der Waals surface area (Å²) in [6.07, 6.45) is 4.55. The van der Waals surface area contributed by atoms with E-state index in [2.05, 4.69) is 39.4 Å². The third kappa shape index (κ3) is 7.28. The third-order valence-electron chi connectivity index (χ3n) is 4.99. The maximum absolute atomic E-state index is 5.90. The van der Waals surface area contributed by atoms with Crippen LogP contribution in [0.5, 0.6) is 5.88 Å². The molecule has 156 valence electrons. The Morgan fingerprint density at radius 1 is 1.39 bits per heavy atom. The zero-order valence-corrected chi connectivity index (χ0v) is 17.5. The van der Waals surface area contributed by atoms with Gasteiger partial charge in [-0.2, -0.15) is 0 Å². The number of nitrogens with one attached hydrogen (secondary N) is 2. The Hall–Kier alpha value is -1.86. The topological polar surface area (TPSA) is 71.0 Å². The molecule has 1 unspecified atom stereocenters. The molecule has 1 saturated heterocycles. The van der Waals surface area contributed by atoms with Crippen LogP contribution in [-0.4, -0.2) is 68.4 Å². The zero-order valence-electron chi connectivity index (χ0n) is 17.5. The lowest BCUT2D eigenvalue weighted by atomic mass is 10.2. The Kier molecular flexibility index (Phi) is 7.91. The van der Waals surface area contributed by atoms with Gasteiger partial charge in [-0.3, -0.25) is 9.89 Å². The number of nitrogens with zero attached hydrogens (tertiary/aromatic N) is 3. The molecule has 1 atom stereocenters. The smallest absolute Gasteiger partial charge is 0.213 e. The molecule has 7 nitrogen and oxygen atoms in total. The molecule has 1 aliphatic heterocycles. The lowest BCUT2D eigenvalue weighted by molar-refractivity contribution is -0.0284. The molecule has 2 N–H and O–H groups in total. The van der Waals surface area contributed by atoms with E-state index in [0.29, 0.717) is 18.3 Å². The van der Waals surface area contributed by atoms with Crippen LogP contribution >= 0.6 is 0 Å². The van der Waals surface area contributed by atoms with Gasteiger partial charge >= 0.3 is 0 Å². The van der Waals surface area contributed by atoms with Crippen molar-refractivity contribution in [3.8, 4) is 5.88 Å². The van der Waals surface area contributed by atoms with E-state index >= 15 is 0 Å². The second-order valence-corrected chi connectivity index (χ2v) is 8.21. The number of rotatable bonds is 9. The first-order chi connectivity index (χ1) is 13.6. The fourth-order valence-electron chi connectivity index (χ4n) is 3.33. The Labute approximate surface area is 168 Å². The minimum Gasteiger partial charge on any atom is -0.477 e. The van der Waals surface area contributed by atoms with Crippen molar-refractivity contribution < 1.29 is 9.47 Å². The normalized spacial score (nSPS) is 21.0. The lowest BCUT2D eigenvalue weighted by Gasteiger charge is -2.34. The molecule has 1 saturated carbocycles. The van der Waals surface area contributed by atoms with E-state index in [1.54, 1.807) is 13.2 Å². The molecule has 0 radical (unpaired) electrons. The Morgan fingerprint density at radius 2 is 2.25 bits per heavy atom. The highest BCUT2D eigenvalue weighted by atomic mass is 16.5. The molecule has 0 aromatic carbocycles. The zero-order chi connectivity index (χ0) is 19.8. The number of pyridine rings is 1. The average Bonchev–Trinajstić information content (AvgIpc) is 3.51. The van der Waals surface area contributed by atoms with Gasteiger partial charge in [0.2, 0.25) is 5.88 Å². The highest BCUT2D eigenvalue weighted by Gasteiger charge is 2.22. The van der Waals surface area contributed by atoms with Gasteiger partial charge in [-0.1, -0.05) is 13.8 Å². The van der Waals surface area contributed by atoms with Crippen LogP contribution in [0, 0.1) is 11.8 Å². The van der Waals surface area contributed by atoms with Gasteiger partial charge < -0.3 is 20.1 Å². The summed E-state index contributed by atoms with van der Waals surface area (Å²) in [5, 5.41) is 6.75. The number of hydrogen-bond acceptors (Lipinski definition) is 5. The van der Waals surface area contributed by atoms with E-state index in [-0.39, 0.29) is 6.10 Å². The molecule has 2 fully saturated rings. The van der Waals surface area contributed by atoms with Crippen molar-refractivity contribution >= 4 is 5.96 Å². The largest absolute Gasteiger partial charge is 0.477 e. The summed E-state index contributed by atoms with van der Waals surface area (Å²) >= 11 is 0. The highest BCUT2D eigenvalue weighted by Crippen LogP contribution is 2.29. The van der Waals surface area contributed by atoms with Crippen molar-refractivity contribution in [2.45, 2.75) is 39.3 Å². The lowest BCUT2D eigenvalue weighted by Crippen LogP contribution is -2.50. The first-order valence-corrected chi connectivity index (χ1v) is 10.5. The fraction of sp³-hybridized carbons (Fsp3) is 0.714. The second kappa shape index (κ2) is 10.6. The SMILES string of the molecule is CN=C(NCc1ccnc(OCC2CC2)c1)NCC1CN(CC(C)C)CCO1. The van der Waals surface area contributed by atoms with Crippen molar-refractivity contribution in [3.63, 3.8) is 0 Å². The number of aliphatic imine (C=N–C) groups is 1. The summed E-state index contributed by atoms with van der Waals surface area (Å²) in [5.74, 6) is 2.89. The van der Waals surface area contributed by atoms with Gasteiger partial charge in [0.05, 0.1) is 19.3 Å². The van der Waals surface area contributed by atoms with E-state index in [1.165, 1.54) is 12.8 Å². The minimum absolute atomic E-state index is 0.189.